The van der Waals surface area contributed by atoms with Gasteiger partial charge in [0.1, 0.15) is 17.7 Å². The summed E-state index contributed by atoms with van der Waals surface area (Å²) in [5.74, 6) is -3.91. The molecule has 1 atom stereocenters. The molecule has 0 radical (unpaired) electrons. The largest absolute Gasteiger partial charge is 0.338 e. The average molecular weight is 478 g/mol. The van der Waals surface area contributed by atoms with E-state index < -0.39 is 48.1 Å². The zero-order chi connectivity index (χ0) is 24.8. The number of fused-ring (bicyclic) bond motifs is 1. The van der Waals surface area contributed by atoms with Crippen LogP contribution in [-0.4, -0.2) is 69.8 Å². The smallest absolute Gasteiger partial charge is 0.282 e. The number of nitrogens with zero attached hydrogens (tertiary/aromatic N) is 4. The Kier molecular flexibility index (Phi) is 6.22. The molecular formula is C24H30F3N5O2. The highest BCUT2D eigenvalue weighted by Gasteiger charge is 2.49. The average Bonchev–Trinajstić information content (AvgIpc) is 2.95. The molecule has 10 heteroatoms. The van der Waals surface area contributed by atoms with E-state index in [1.807, 2.05) is 11.6 Å². The fourth-order valence-electron chi connectivity index (χ4n) is 4.45. The zero-order valence-electron chi connectivity index (χ0n) is 19.9. The Morgan fingerprint density at radius 2 is 1.88 bits per heavy atom. The molecule has 2 amide bonds. The van der Waals surface area contributed by atoms with Crippen LogP contribution in [0.4, 0.5) is 13.2 Å². The quantitative estimate of drug-likeness (QED) is 0.735. The Morgan fingerprint density at radius 3 is 2.50 bits per heavy atom. The second-order valence-corrected chi connectivity index (χ2v) is 10.3. The molecule has 2 aromatic rings. The first kappa shape index (κ1) is 24.3. The number of imidazole rings is 1. The first-order chi connectivity index (χ1) is 15.9. The van der Waals surface area contributed by atoms with E-state index in [1.165, 1.54) is 12.1 Å². The van der Waals surface area contributed by atoms with Crippen molar-refractivity contribution in [3.63, 3.8) is 0 Å². The monoisotopic (exact) mass is 477 g/mol. The van der Waals surface area contributed by atoms with Crippen molar-refractivity contribution in [3.05, 3.63) is 41.5 Å². The number of carbonyl (C=O) groups excluding carboxylic acids is 2. The molecule has 0 aliphatic carbocycles. The Labute approximate surface area is 196 Å². The maximum atomic E-state index is 13.9. The van der Waals surface area contributed by atoms with Crippen LogP contribution in [0.5, 0.6) is 0 Å². The summed E-state index contributed by atoms with van der Waals surface area (Å²) in [6.45, 7) is 5.89. The fraction of sp³-hybridized carbons (Fsp3) is 0.542. The summed E-state index contributed by atoms with van der Waals surface area (Å²) in [6, 6.07) is 5.04. The number of halogens is 3. The van der Waals surface area contributed by atoms with Gasteiger partial charge in [0.05, 0.1) is 18.8 Å². The van der Waals surface area contributed by atoms with Gasteiger partial charge in [-0.15, -0.1) is 0 Å². The number of hydrogen-bond donors (Lipinski definition) is 1. The van der Waals surface area contributed by atoms with Crippen LogP contribution in [0.3, 0.4) is 0 Å². The number of rotatable bonds is 4. The summed E-state index contributed by atoms with van der Waals surface area (Å²) in [6.07, 6.45) is 0.829. The van der Waals surface area contributed by atoms with Crippen LogP contribution >= 0.6 is 0 Å². The minimum absolute atomic E-state index is 0.156. The van der Waals surface area contributed by atoms with Crippen molar-refractivity contribution in [2.24, 2.45) is 5.41 Å². The second-order valence-electron chi connectivity index (χ2n) is 10.3. The lowest BCUT2D eigenvalue weighted by Gasteiger charge is -2.43. The minimum Gasteiger partial charge on any atom is -0.338 e. The normalized spacial score (nSPS) is 19.1. The lowest BCUT2D eigenvalue weighted by atomic mass is 9.85. The van der Waals surface area contributed by atoms with E-state index in [1.54, 1.807) is 32.9 Å². The molecule has 1 fully saturated rings. The molecule has 0 spiro atoms. The van der Waals surface area contributed by atoms with Crippen LogP contribution in [0.1, 0.15) is 43.4 Å². The van der Waals surface area contributed by atoms with Crippen molar-refractivity contribution >= 4 is 11.8 Å². The predicted molar refractivity (Wildman–Crippen MR) is 121 cm³/mol. The summed E-state index contributed by atoms with van der Waals surface area (Å²) in [7, 11) is 1.94. The van der Waals surface area contributed by atoms with E-state index in [2.05, 4.69) is 15.2 Å². The van der Waals surface area contributed by atoms with Crippen LogP contribution in [0.2, 0.25) is 0 Å². The molecule has 1 N–H and O–H groups in total. The van der Waals surface area contributed by atoms with Crippen molar-refractivity contribution in [2.45, 2.75) is 52.2 Å². The Morgan fingerprint density at radius 1 is 1.18 bits per heavy atom. The zero-order valence-corrected chi connectivity index (χ0v) is 19.9. The third-order valence-electron chi connectivity index (χ3n) is 6.26. The van der Waals surface area contributed by atoms with E-state index in [0.717, 1.165) is 17.9 Å². The molecular weight excluding hydrogens is 447 g/mol. The molecule has 1 saturated heterocycles. The SMILES string of the molecule is CN1CCCn2c(-c3cccc(F)c3)nc(C(=O)NC(C(=O)N3CC(F)(F)C3)C(C)(C)C)c2C1. The molecule has 1 aromatic carbocycles. The van der Waals surface area contributed by atoms with Gasteiger partial charge in [-0.2, -0.15) is 0 Å². The van der Waals surface area contributed by atoms with Gasteiger partial charge in [-0.25, -0.2) is 18.2 Å². The van der Waals surface area contributed by atoms with Crippen LogP contribution in [0.25, 0.3) is 11.4 Å². The molecule has 34 heavy (non-hydrogen) atoms. The molecule has 4 rings (SSSR count). The van der Waals surface area contributed by atoms with Gasteiger partial charge in [0, 0.05) is 18.7 Å². The summed E-state index contributed by atoms with van der Waals surface area (Å²) < 4.78 is 42.6. The van der Waals surface area contributed by atoms with Gasteiger partial charge in [-0.3, -0.25) is 9.59 Å². The van der Waals surface area contributed by atoms with Crippen LogP contribution in [0, 0.1) is 11.2 Å². The predicted octanol–water partition coefficient (Wildman–Crippen LogP) is 3.15. The van der Waals surface area contributed by atoms with Gasteiger partial charge in [0.25, 0.3) is 11.8 Å². The maximum absolute atomic E-state index is 13.9. The van der Waals surface area contributed by atoms with E-state index in [0.29, 0.717) is 30.2 Å². The van der Waals surface area contributed by atoms with Crippen LogP contribution < -0.4 is 5.32 Å². The van der Waals surface area contributed by atoms with E-state index in [4.69, 9.17) is 0 Å². The number of nitrogens with one attached hydrogen (secondary N) is 1. The number of hydrogen-bond acceptors (Lipinski definition) is 4. The van der Waals surface area contributed by atoms with Crippen LogP contribution in [-0.2, 0) is 17.9 Å². The van der Waals surface area contributed by atoms with E-state index in [9.17, 15) is 22.8 Å². The van der Waals surface area contributed by atoms with E-state index >= 15 is 0 Å². The van der Waals surface area contributed by atoms with Crippen molar-refractivity contribution in [2.75, 3.05) is 26.7 Å². The number of amides is 2. The second kappa shape index (κ2) is 8.72. The maximum Gasteiger partial charge on any atom is 0.282 e. The highest BCUT2D eigenvalue weighted by atomic mass is 19.3. The van der Waals surface area contributed by atoms with Gasteiger partial charge >= 0.3 is 0 Å². The van der Waals surface area contributed by atoms with Crippen molar-refractivity contribution in [3.8, 4) is 11.4 Å². The first-order valence-corrected chi connectivity index (χ1v) is 11.4. The van der Waals surface area contributed by atoms with E-state index in [-0.39, 0.29) is 5.69 Å². The summed E-state index contributed by atoms with van der Waals surface area (Å²) in [5, 5.41) is 2.77. The summed E-state index contributed by atoms with van der Waals surface area (Å²) in [4.78, 5) is 34.2. The van der Waals surface area contributed by atoms with Gasteiger partial charge in [-0.1, -0.05) is 32.9 Å². The third-order valence-corrected chi connectivity index (χ3v) is 6.26. The Hall–Kier alpha value is -2.88. The molecule has 0 saturated carbocycles. The number of carbonyl (C=O) groups is 2. The number of alkyl halides is 2. The fourth-order valence-corrected chi connectivity index (χ4v) is 4.45. The number of benzene rings is 1. The minimum atomic E-state index is -2.90. The van der Waals surface area contributed by atoms with Crippen molar-refractivity contribution in [1.82, 2.24) is 24.7 Å². The standard InChI is InChI=1S/C24H30F3N5O2/c1-23(2,3)19(22(34)31-13-24(26,27)14-31)29-21(33)18-17-12-30(4)9-6-10-32(17)20(28-18)15-7-5-8-16(25)11-15/h5,7-8,11,19H,6,9-10,12-14H2,1-4H3,(H,29,33). The number of aromatic nitrogens is 2. The topological polar surface area (TPSA) is 70.5 Å². The Bertz CT molecular complexity index is 1100. The highest BCUT2D eigenvalue weighted by molar-refractivity contribution is 5.98. The highest BCUT2D eigenvalue weighted by Crippen LogP contribution is 2.31. The third kappa shape index (κ3) is 4.82. The number of likely N-dealkylation sites (tertiary alicyclic amines) is 1. The molecule has 0 bridgehead atoms. The molecule has 7 nitrogen and oxygen atoms in total. The molecule has 3 heterocycles. The van der Waals surface area contributed by atoms with Gasteiger partial charge in [0.15, 0.2) is 5.69 Å². The van der Waals surface area contributed by atoms with Gasteiger partial charge < -0.3 is 19.7 Å². The summed E-state index contributed by atoms with van der Waals surface area (Å²) in [5.41, 5.74) is 0.670. The molecule has 1 unspecified atom stereocenters. The van der Waals surface area contributed by atoms with Crippen molar-refractivity contribution in [1.29, 1.82) is 0 Å². The van der Waals surface area contributed by atoms with Crippen molar-refractivity contribution < 1.29 is 22.8 Å². The lowest BCUT2D eigenvalue weighted by molar-refractivity contribution is -0.169. The summed E-state index contributed by atoms with van der Waals surface area (Å²) >= 11 is 0. The first-order valence-electron chi connectivity index (χ1n) is 11.4. The van der Waals surface area contributed by atoms with Gasteiger partial charge in [0.2, 0.25) is 5.91 Å². The molecule has 184 valence electrons. The Balaban J connectivity index is 1.68. The molecule has 2 aliphatic rings. The molecule has 1 aromatic heterocycles. The van der Waals surface area contributed by atoms with Gasteiger partial charge in [-0.05, 0) is 37.6 Å². The molecule has 2 aliphatic heterocycles. The van der Waals surface area contributed by atoms with Crippen LogP contribution in [0.15, 0.2) is 24.3 Å². The lowest BCUT2D eigenvalue weighted by Crippen LogP contribution is -2.64.